The van der Waals surface area contributed by atoms with Gasteiger partial charge in [-0.05, 0) is 26.7 Å². The van der Waals surface area contributed by atoms with Crippen molar-refractivity contribution in [2.24, 2.45) is 0 Å². The maximum atomic E-state index is 5.82. The molecule has 2 aliphatic rings. The van der Waals surface area contributed by atoms with Crippen molar-refractivity contribution >= 4 is 0 Å². The monoisotopic (exact) mass is 265 g/mol. The van der Waals surface area contributed by atoms with E-state index in [0.717, 1.165) is 50.3 Å². The van der Waals surface area contributed by atoms with Gasteiger partial charge in [0, 0.05) is 37.8 Å². The second kappa shape index (κ2) is 5.61. The Morgan fingerprint density at radius 1 is 1.37 bits per heavy atom. The molecule has 1 saturated carbocycles. The first-order valence-corrected chi connectivity index (χ1v) is 7.22. The molecule has 1 aliphatic carbocycles. The normalized spacial score (nSPS) is 24.8. The lowest BCUT2D eigenvalue weighted by molar-refractivity contribution is -0.0301. The van der Waals surface area contributed by atoms with Crippen LogP contribution in [0.1, 0.15) is 29.9 Å². The minimum Gasteiger partial charge on any atom is -0.374 e. The molecule has 1 aromatic rings. The first-order chi connectivity index (χ1) is 9.24. The van der Waals surface area contributed by atoms with Crippen molar-refractivity contribution in [1.82, 2.24) is 15.4 Å². The van der Waals surface area contributed by atoms with Gasteiger partial charge >= 0.3 is 0 Å². The van der Waals surface area contributed by atoms with E-state index in [9.17, 15) is 0 Å². The molecule has 1 aromatic heterocycles. The van der Waals surface area contributed by atoms with Crippen molar-refractivity contribution in [3.05, 3.63) is 17.0 Å². The first kappa shape index (κ1) is 13.1. The van der Waals surface area contributed by atoms with Crippen LogP contribution in [0.3, 0.4) is 0 Å². The van der Waals surface area contributed by atoms with Gasteiger partial charge in [0.05, 0.1) is 18.4 Å². The van der Waals surface area contributed by atoms with E-state index in [2.05, 4.69) is 15.4 Å². The van der Waals surface area contributed by atoms with E-state index in [-0.39, 0.29) is 0 Å². The number of rotatable bonds is 5. The lowest BCUT2D eigenvalue weighted by atomic mass is 10.2. The van der Waals surface area contributed by atoms with Crippen molar-refractivity contribution in [2.75, 3.05) is 26.2 Å². The standard InChI is InChI=1S/C14H23N3O2/c1-10-14(11(2)19-16-10)8-15-7-13-9-17(5-6-18-13)12-3-4-12/h12-13,15H,3-9H2,1-2H3. The molecule has 0 spiro atoms. The minimum absolute atomic E-state index is 0.315. The third-order valence-electron chi connectivity index (χ3n) is 4.09. The van der Waals surface area contributed by atoms with Gasteiger partial charge in [-0.1, -0.05) is 5.16 Å². The quantitative estimate of drug-likeness (QED) is 0.868. The summed E-state index contributed by atoms with van der Waals surface area (Å²) in [7, 11) is 0. The number of hydrogen-bond acceptors (Lipinski definition) is 5. The molecule has 3 rings (SSSR count). The summed E-state index contributed by atoms with van der Waals surface area (Å²) in [6, 6.07) is 0.842. The molecule has 1 saturated heterocycles. The van der Waals surface area contributed by atoms with E-state index in [0.29, 0.717) is 6.10 Å². The van der Waals surface area contributed by atoms with Crippen LogP contribution in [-0.2, 0) is 11.3 Å². The van der Waals surface area contributed by atoms with Crippen LogP contribution in [-0.4, -0.2) is 48.4 Å². The molecule has 0 bridgehead atoms. The summed E-state index contributed by atoms with van der Waals surface area (Å²) < 4.78 is 11.0. The second-order valence-electron chi connectivity index (χ2n) is 5.65. The number of hydrogen-bond donors (Lipinski definition) is 1. The van der Waals surface area contributed by atoms with Crippen molar-refractivity contribution in [3.8, 4) is 0 Å². The fourth-order valence-electron chi connectivity index (χ4n) is 2.75. The van der Waals surface area contributed by atoms with Gasteiger partial charge in [0.1, 0.15) is 5.76 Å². The Morgan fingerprint density at radius 3 is 2.89 bits per heavy atom. The number of ether oxygens (including phenoxy) is 1. The Hall–Kier alpha value is -0.910. The zero-order valence-corrected chi connectivity index (χ0v) is 11.8. The second-order valence-corrected chi connectivity index (χ2v) is 5.65. The van der Waals surface area contributed by atoms with E-state index in [4.69, 9.17) is 9.26 Å². The molecule has 2 heterocycles. The molecule has 1 unspecified atom stereocenters. The van der Waals surface area contributed by atoms with Crippen LogP contribution in [0.5, 0.6) is 0 Å². The molecule has 5 heteroatoms. The molecule has 19 heavy (non-hydrogen) atoms. The van der Waals surface area contributed by atoms with Gasteiger partial charge in [0.2, 0.25) is 0 Å². The number of nitrogens with zero attached hydrogens (tertiary/aromatic N) is 2. The van der Waals surface area contributed by atoms with Crippen LogP contribution in [0.2, 0.25) is 0 Å². The number of aromatic nitrogens is 1. The van der Waals surface area contributed by atoms with Crippen LogP contribution >= 0.6 is 0 Å². The van der Waals surface area contributed by atoms with Gasteiger partial charge in [-0.2, -0.15) is 0 Å². The zero-order chi connectivity index (χ0) is 13.2. The molecule has 1 aliphatic heterocycles. The highest BCUT2D eigenvalue weighted by Crippen LogP contribution is 2.28. The highest BCUT2D eigenvalue weighted by Gasteiger charge is 2.32. The average molecular weight is 265 g/mol. The van der Waals surface area contributed by atoms with E-state index in [1.807, 2.05) is 13.8 Å². The summed E-state index contributed by atoms with van der Waals surface area (Å²) in [5.41, 5.74) is 2.16. The van der Waals surface area contributed by atoms with E-state index < -0.39 is 0 Å². The summed E-state index contributed by atoms with van der Waals surface area (Å²) >= 11 is 0. The molecular formula is C14H23N3O2. The van der Waals surface area contributed by atoms with E-state index in [1.54, 1.807) is 0 Å². The third-order valence-corrected chi connectivity index (χ3v) is 4.09. The van der Waals surface area contributed by atoms with Crippen molar-refractivity contribution in [3.63, 3.8) is 0 Å². The van der Waals surface area contributed by atoms with Crippen LogP contribution in [0.15, 0.2) is 4.52 Å². The lowest BCUT2D eigenvalue weighted by Gasteiger charge is -2.33. The molecule has 0 radical (unpaired) electrons. The van der Waals surface area contributed by atoms with Gasteiger partial charge < -0.3 is 14.6 Å². The van der Waals surface area contributed by atoms with E-state index in [1.165, 1.54) is 18.4 Å². The van der Waals surface area contributed by atoms with Crippen LogP contribution in [0.4, 0.5) is 0 Å². The predicted octanol–water partition coefficient (Wildman–Crippen LogP) is 1.24. The van der Waals surface area contributed by atoms with Crippen LogP contribution in [0.25, 0.3) is 0 Å². The molecule has 5 nitrogen and oxygen atoms in total. The Labute approximate surface area is 114 Å². The maximum absolute atomic E-state index is 5.82. The molecule has 106 valence electrons. The Bertz CT molecular complexity index is 409. The van der Waals surface area contributed by atoms with Gasteiger partial charge in [0.15, 0.2) is 0 Å². The Kier molecular flexibility index (Phi) is 3.86. The van der Waals surface area contributed by atoms with Gasteiger partial charge in [-0.25, -0.2) is 0 Å². The maximum Gasteiger partial charge on any atom is 0.138 e. The minimum atomic E-state index is 0.315. The number of morpholine rings is 1. The van der Waals surface area contributed by atoms with Crippen LogP contribution < -0.4 is 5.32 Å². The number of nitrogens with one attached hydrogen (secondary N) is 1. The van der Waals surface area contributed by atoms with Crippen molar-refractivity contribution < 1.29 is 9.26 Å². The predicted molar refractivity (Wildman–Crippen MR) is 72.0 cm³/mol. The Morgan fingerprint density at radius 2 is 2.21 bits per heavy atom. The van der Waals surface area contributed by atoms with E-state index >= 15 is 0 Å². The first-order valence-electron chi connectivity index (χ1n) is 7.22. The molecule has 2 fully saturated rings. The van der Waals surface area contributed by atoms with Crippen molar-refractivity contribution in [1.29, 1.82) is 0 Å². The summed E-state index contributed by atoms with van der Waals surface area (Å²) in [4.78, 5) is 2.58. The van der Waals surface area contributed by atoms with Crippen molar-refractivity contribution in [2.45, 2.75) is 45.4 Å². The Balaban J connectivity index is 1.44. The van der Waals surface area contributed by atoms with Gasteiger partial charge in [0.25, 0.3) is 0 Å². The largest absolute Gasteiger partial charge is 0.374 e. The SMILES string of the molecule is Cc1noc(C)c1CNCC1CN(C2CC2)CCO1. The molecule has 0 aromatic carbocycles. The molecule has 1 atom stereocenters. The molecule has 0 amide bonds. The lowest BCUT2D eigenvalue weighted by Crippen LogP contribution is -2.47. The van der Waals surface area contributed by atoms with Gasteiger partial charge in [-0.15, -0.1) is 0 Å². The summed E-state index contributed by atoms with van der Waals surface area (Å²) in [5.74, 6) is 0.911. The smallest absolute Gasteiger partial charge is 0.138 e. The highest BCUT2D eigenvalue weighted by molar-refractivity contribution is 5.20. The van der Waals surface area contributed by atoms with Gasteiger partial charge in [-0.3, -0.25) is 4.90 Å². The zero-order valence-electron chi connectivity index (χ0n) is 11.8. The average Bonchev–Trinajstić information content (AvgIpc) is 3.21. The topological polar surface area (TPSA) is 50.5 Å². The highest BCUT2D eigenvalue weighted by atomic mass is 16.5. The van der Waals surface area contributed by atoms with Crippen LogP contribution in [0, 0.1) is 13.8 Å². The molecule has 1 N–H and O–H groups in total. The molecular weight excluding hydrogens is 242 g/mol. The third kappa shape index (κ3) is 3.16. The fourth-order valence-corrected chi connectivity index (χ4v) is 2.75. The summed E-state index contributed by atoms with van der Waals surface area (Å²) in [5, 5.41) is 7.44. The number of aryl methyl sites for hydroxylation is 2. The summed E-state index contributed by atoms with van der Waals surface area (Å²) in [6.07, 6.45) is 3.06. The fraction of sp³-hybridized carbons (Fsp3) is 0.786. The summed E-state index contributed by atoms with van der Waals surface area (Å²) in [6.45, 7) is 8.69.